The maximum absolute atomic E-state index is 13.5. The molecule has 0 saturated heterocycles. The van der Waals surface area contributed by atoms with Crippen LogP contribution in [0.4, 0.5) is 10.1 Å². The lowest BCUT2D eigenvalue weighted by Gasteiger charge is -2.36. The minimum atomic E-state index is -0.719. The Hall–Kier alpha value is -2.89. The van der Waals surface area contributed by atoms with Gasteiger partial charge in [0.15, 0.2) is 0 Å². The first-order valence-corrected chi connectivity index (χ1v) is 10.9. The molecule has 5 nitrogen and oxygen atoms in total. The van der Waals surface area contributed by atoms with Gasteiger partial charge in [-0.3, -0.25) is 4.79 Å². The summed E-state index contributed by atoms with van der Waals surface area (Å²) in [7, 11) is 1.31. The highest BCUT2D eigenvalue weighted by atomic mass is 19.1. The molecule has 0 aromatic heterocycles. The number of anilines is 1. The van der Waals surface area contributed by atoms with Crippen LogP contribution in [0, 0.1) is 5.82 Å². The minimum absolute atomic E-state index is 0.0622. The number of carbonyl (C=O) groups is 2. The SMILES string of the molecule is CCC(C)Oc1ccc(NC(=O)C2(c3ccc(F)cc3)CCCCC2)cc1C(=O)OC. The van der Waals surface area contributed by atoms with Gasteiger partial charge < -0.3 is 14.8 Å². The van der Waals surface area contributed by atoms with Crippen LogP contribution in [0.25, 0.3) is 0 Å². The van der Waals surface area contributed by atoms with Crippen LogP contribution in [-0.2, 0) is 14.9 Å². The van der Waals surface area contributed by atoms with Gasteiger partial charge in [-0.1, -0.05) is 38.3 Å². The summed E-state index contributed by atoms with van der Waals surface area (Å²) >= 11 is 0. The number of methoxy groups -OCH3 is 1. The molecule has 1 saturated carbocycles. The van der Waals surface area contributed by atoms with Gasteiger partial charge in [0.05, 0.1) is 18.6 Å². The Labute approximate surface area is 182 Å². The van der Waals surface area contributed by atoms with Crippen LogP contribution >= 0.6 is 0 Å². The van der Waals surface area contributed by atoms with Gasteiger partial charge in [-0.25, -0.2) is 9.18 Å². The molecular formula is C25H30FNO4. The smallest absolute Gasteiger partial charge is 0.341 e. The van der Waals surface area contributed by atoms with Crippen LogP contribution < -0.4 is 10.1 Å². The first-order chi connectivity index (χ1) is 14.9. The van der Waals surface area contributed by atoms with Gasteiger partial charge in [0.2, 0.25) is 5.91 Å². The van der Waals surface area contributed by atoms with Crippen LogP contribution in [0.2, 0.25) is 0 Å². The molecule has 2 aromatic carbocycles. The number of amides is 1. The van der Waals surface area contributed by atoms with E-state index in [9.17, 15) is 14.0 Å². The Morgan fingerprint density at radius 1 is 1.10 bits per heavy atom. The third-order valence-electron chi connectivity index (χ3n) is 6.08. The van der Waals surface area contributed by atoms with E-state index in [2.05, 4.69) is 5.32 Å². The summed E-state index contributed by atoms with van der Waals surface area (Å²) in [4.78, 5) is 25.8. The van der Waals surface area contributed by atoms with E-state index in [4.69, 9.17) is 9.47 Å². The summed E-state index contributed by atoms with van der Waals surface area (Å²) in [6.45, 7) is 3.92. The highest BCUT2D eigenvalue weighted by Crippen LogP contribution is 2.41. The first-order valence-electron chi connectivity index (χ1n) is 10.9. The third-order valence-corrected chi connectivity index (χ3v) is 6.08. The highest BCUT2D eigenvalue weighted by molar-refractivity contribution is 6.01. The topological polar surface area (TPSA) is 64.6 Å². The maximum Gasteiger partial charge on any atom is 0.341 e. The maximum atomic E-state index is 13.5. The zero-order valence-electron chi connectivity index (χ0n) is 18.4. The molecule has 0 radical (unpaired) electrons. The van der Waals surface area contributed by atoms with Gasteiger partial charge in [0.25, 0.3) is 0 Å². The lowest BCUT2D eigenvalue weighted by molar-refractivity contribution is -0.122. The molecule has 31 heavy (non-hydrogen) atoms. The van der Waals surface area contributed by atoms with Crippen LogP contribution in [0.5, 0.6) is 5.75 Å². The first kappa shape index (κ1) is 22.8. The van der Waals surface area contributed by atoms with E-state index >= 15 is 0 Å². The van der Waals surface area contributed by atoms with Crippen molar-refractivity contribution in [3.8, 4) is 5.75 Å². The fraction of sp³-hybridized carbons (Fsp3) is 0.440. The number of benzene rings is 2. The summed E-state index contributed by atoms with van der Waals surface area (Å²) in [5.41, 5.74) is 0.855. The second-order valence-electron chi connectivity index (χ2n) is 8.14. The molecule has 1 aliphatic carbocycles. The number of carbonyl (C=O) groups excluding carboxylic acids is 2. The molecule has 1 atom stereocenters. The average molecular weight is 428 g/mol. The van der Waals surface area contributed by atoms with Gasteiger partial charge in [0.1, 0.15) is 17.1 Å². The van der Waals surface area contributed by atoms with E-state index in [-0.39, 0.29) is 23.4 Å². The number of hydrogen-bond donors (Lipinski definition) is 1. The Kier molecular flexibility index (Phi) is 7.31. The monoisotopic (exact) mass is 427 g/mol. The number of esters is 1. The highest BCUT2D eigenvalue weighted by Gasteiger charge is 2.41. The zero-order valence-corrected chi connectivity index (χ0v) is 18.4. The fourth-order valence-electron chi connectivity index (χ4n) is 4.10. The lowest BCUT2D eigenvalue weighted by atomic mass is 9.68. The lowest BCUT2D eigenvalue weighted by Crippen LogP contribution is -2.42. The number of hydrogen-bond acceptors (Lipinski definition) is 4. The molecule has 3 rings (SSSR count). The van der Waals surface area contributed by atoms with Gasteiger partial charge in [-0.05, 0) is 62.1 Å². The summed E-state index contributed by atoms with van der Waals surface area (Å²) in [6.07, 6.45) is 5.06. The largest absolute Gasteiger partial charge is 0.490 e. The Morgan fingerprint density at radius 3 is 2.39 bits per heavy atom. The second kappa shape index (κ2) is 9.94. The normalized spacial score (nSPS) is 16.3. The molecule has 166 valence electrons. The fourth-order valence-corrected chi connectivity index (χ4v) is 4.10. The Morgan fingerprint density at radius 2 is 1.77 bits per heavy atom. The number of ether oxygens (including phenoxy) is 2. The summed E-state index contributed by atoms with van der Waals surface area (Å²) in [5, 5.41) is 2.98. The van der Waals surface area contributed by atoms with Crippen molar-refractivity contribution in [2.45, 2.75) is 63.9 Å². The standard InChI is InChI=1S/C25H30FNO4/c1-4-17(2)31-22-13-12-20(16-21(22)23(28)30-3)27-24(29)25(14-6-5-7-15-25)18-8-10-19(26)11-9-18/h8-13,16-17H,4-7,14-15H2,1-3H3,(H,27,29). The minimum Gasteiger partial charge on any atom is -0.490 e. The molecule has 6 heteroatoms. The molecule has 0 spiro atoms. The molecule has 1 fully saturated rings. The Bertz CT molecular complexity index is 920. The van der Waals surface area contributed by atoms with Gasteiger partial charge >= 0.3 is 5.97 Å². The van der Waals surface area contributed by atoms with Crippen molar-refractivity contribution in [2.24, 2.45) is 0 Å². The predicted molar refractivity (Wildman–Crippen MR) is 118 cm³/mol. The van der Waals surface area contributed by atoms with Gasteiger partial charge in [-0.15, -0.1) is 0 Å². The van der Waals surface area contributed by atoms with Crippen LogP contribution in [-0.4, -0.2) is 25.1 Å². The summed E-state index contributed by atoms with van der Waals surface area (Å²) in [5.74, 6) is -0.578. The predicted octanol–water partition coefficient (Wildman–Crippen LogP) is 5.63. The summed E-state index contributed by atoms with van der Waals surface area (Å²) < 4.78 is 24.2. The van der Waals surface area contributed by atoms with Crippen molar-refractivity contribution in [1.82, 2.24) is 0 Å². The molecule has 1 unspecified atom stereocenters. The molecule has 1 N–H and O–H groups in total. The van der Waals surface area contributed by atoms with Crippen molar-refractivity contribution >= 4 is 17.6 Å². The van der Waals surface area contributed by atoms with E-state index in [1.807, 2.05) is 13.8 Å². The number of rotatable bonds is 7. The Balaban J connectivity index is 1.91. The summed E-state index contributed by atoms with van der Waals surface area (Å²) in [6, 6.07) is 11.2. The quantitative estimate of drug-likeness (QED) is 0.582. The van der Waals surface area contributed by atoms with E-state index < -0.39 is 11.4 Å². The van der Waals surface area contributed by atoms with Crippen molar-refractivity contribution < 1.29 is 23.5 Å². The third kappa shape index (κ3) is 5.06. The van der Waals surface area contributed by atoms with E-state index in [1.54, 1.807) is 30.3 Å². The van der Waals surface area contributed by atoms with Crippen molar-refractivity contribution in [3.63, 3.8) is 0 Å². The molecule has 0 bridgehead atoms. The molecule has 2 aromatic rings. The molecule has 0 aliphatic heterocycles. The second-order valence-corrected chi connectivity index (χ2v) is 8.14. The van der Waals surface area contributed by atoms with E-state index in [0.717, 1.165) is 31.2 Å². The molecule has 1 aliphatic rings. The molecule has 0 heterocycles. The number of nitrogens with one attached hydrogen (secondary N) is 1. The van der Waals surface area contributed by atoms with Crippen molar-refractivity contribution in [3.05, 3.63) is 59.4 Å². The zero-order chi connectivity index (χ0) is 22.4. The average Bonchev–Trinajstić information content (AvgIpc) is 2.80. The van der Waals surface area contributed by atoms with E-state index in [0.29, 0.717) is 24.3 Å². The van der Waals surface area contributed by atoms with Gasteiger partial charge in [-0.2, -0.15) is 0 Å². The van der Waals surface area contributed by atoms with Crippen molar-refractivity contribution in [1.29, 1.82) is 0 Å². The van der Waals surface area contributed by atoms with E-state index in [1.165, 1.54) is 19.2 Å². The van der Waals surface area contributed by atoms with Crippen LogP contribution in [0.1, 0.15) is 68.3 Å². The van der Waals surface area contributed by atoms with Crippen LogP contribution in [0.15, 0.2) is 42.5 Å². The van der Waals surface area contributed by atoms with Gasteiger partial charge in [0, 0.05) is 5.69 Å². The van der Waals surface area contributed by atoms with Crippen molar-refractivity contribution in [2.75, 3.05) is 12.4 Å². The number of halogens is 1. The molecular weight excluding hydrogens is 397 g/mol. The van der Waals surface area contributed by atoms with Crippen LogP contribution in [0.3, 0.4) is 0 Å². The molecule has 1 amide bonds.